The van der Waals surface area contributed by atoms with Crippen LogP contribution in [0, 0.1) is 28.6 Å². The van der Waals surface area contributed by atoms with Crippen molar-refractivity contribution in [3.63, 3.8) is 0 Å². The lowest BCUT2D eigenvalue weighted by Gasteiger charge is -2.63. The normalized spacial score (nSPS) is 55.4. The second-order valence-corrected chi connectivity index (χ2v) is 13.9. The highest BCUT2D eigenvalue weighted by Gasteiger charge is 2.59. The van der Waals surface area contributed by atoms with E-state index in [1.165, 1.54) is 32.6 Å². The van der Waals surface area contributed by atoms with Crippen molar-refractivity contribution < 1.29 is 49.6 Å². The fourth-order valence-corrected chi connectivity index (χ4v) is 9.03. The van der Waals surface area contributed by atoms with Gasteiger partial charge in [-0.25, -0.2) is 0 Å². The summed E-state index contributed by atoms with van der Waals surface area (Å²) in [7, 11) is 0. The molecule has 2 saturated heterocycles. The van der Waals surface area contributed by atoms with Gasteiger partial charge in [-0.3, -0.25) is 0 Å². The summed E-state index contributed by atoms with van der Waals surface area (Å²) in [5.74, 6) is 1.76. The minimum atomic E-state index is -1.61. The molecule has 0 bridgehead atoms. The van der Waals surface area contributed by atoms with Crippen LogP contribution in [0.5, 0.6) is 0 Å². The van der Waals surface area contributed by atoms with Crippen molar-refractivity contribution >= 4 is 0 Å². The first-order valence-electron chi connectivity index (χ1n) is 15.1. The highest BCUT2D eigenvalue weighted by atomic mass is 16.8. The molecule has 2 aliphatic heterocycles. The van der Waals surface area contributed by atoms with E-state index in [0.717, 1.165) is 24.8 Å². The zero-order chi connectivity index (χ0) is 29.1. The summed E-state index contributed by atoms with van der Waals surface area (Å²) in [6, 6.07) is 0. The Morgan fingerprint density at radius 3 is 2.30 bits per heavy atom. The Morgan fingerprint density at radius 2 is 1.60 bits per heavy atom. The van der Waals surface area contributed by atoms with Crippen molar-refractivity contribution in [1.82, 2.24) is 0 Å². The second kappa shape index (κ2) is 11.4. The van der Waals surface area contributed by atoms with Gasteiger partial charge in [-0.15, -0.1) is 0 Å². The molecule has 0 amide bonds. The molecule has 230 valence electrons. The van der Waals surface area contributed by atoms with E-state index in [4.69, 9.17) is 18.9 Å². The lowest BCUT2D eigenvalue weighted by atomic mass is 9.43. The molecule has 40 heavy (non-hydrogen) atoms. The average molecular weight is 571 g/mol. The van der Waals surface area contributed by atoms with Crippen molar-refractivity contribution in [3.8, 4) is 0 Å². The highest BCUT2D eigenvalue weighted by Crippen LogP contribution is 2.65. The van der Waals surface area contributed by atoms with Crippen molar-refractivity contribution in [2.24, 2.45) is 28.6 Å². The van der Waals surface area contributed by atoms with Crippen LogP contribution in [0.2, 0.25) is 0 Å². The van der Waals surface area contributed by atoms with E-state index in [1.807, 2.05) is 0 Å². The summed E-state index contributed by atoms with van der Waals surface area (Å²) >= 11 is 0. The molecule has 10 heteroatoms. The summed E-state index contributed by atoms with van der Waals surface area (Å²) in [6.07, 6.45) is -6.14. The number of hydrogen-bond acceptors (Lipinski definition) is 10. The largest absolute Gasteiger partial charge is 0.394 e. The Bertz CT molecular complexity index is 917. The molecular weight excluding hydrogens is 520 g/mol. The van der Waals surface area contributed by atoms with Gasteiger partial charge in [0.25, 0.3) is 0 Å². The van der Waals surface area contributed by atoms with Crippen molar-refractivity contribution in [2.45, 2.75) is 140 Å². The molecule has 3 aliphatic carbocycles. The number of rotatable bonds is 5. The van der Waals surface area contributed by atoms with Gasteiger partial charge in [0, 0.05) is 0 Å². The summed E-state index contributed by atoms with van der Waals surface area (Å²) < 4.78 is 24.0. The maximum absolute atomic E-state index is 11.0. The topological polar surface area (TPSA) is 158 Å². The van der Waals surface area contributed by atoms with Crippen LogP contribution in [0.3, 0.4) is 0 Å². The molecule has 5 rings (SSSR count). The molecule has 12 unspecified atom stereocenters. The maximum Gasteiger partial charge on any atom is 0.187 e. The van der Waals surface area contributed by atoms with Crippen molar-refractivity contribution in [3.05, 3.63) is 12.2 Å². The van der Waals surface area contributed by atoms with Gasteiger partial charge in [0.1, 0.15) is 42.7 Å². The molecule has 0 spiro atoms. The van der Waals surface area contributed by atoms with Gasteiger partial charge in [0.05, 0.1) is 18.8 Å². The molecule has 0 aromatic heterocycles. The SMILES string of the molecule is C=C1C[C@@]2(C)CCC3[C@@H](C)CCC[C@@]3(C)[C@@H]2CC1OC1OC(CO)C(O)C(O)C1OC1OC(C)C(O)C(O)C1O. The fraction of sp³-hybridized carbons (Fsp3) is 0.933. The number of ether oxygens (including phenoxy) is 4. The predicted octanol–water partition coefficient (Wildman–Crippen LogP) is 1.23. The predicted molar refractivity (Wildman–Crippen MR) is 144 cm³/mol. The quantitative estimate of drug-likeness (QED) is 0.210. The van der Waals surface area contributed by atoms with Gasteiger partial charge >= 0.3 is 0 Å². The Labute approximate surface area is 237 Å². The first-order chi connectivity index (χ1) is 18.8. The summed E-state index contributed by atoms with van der Waals surface area (Å²) in [5, 5.41) is 62.4. The van der Waals surface area contributed by atoms with E-state index < -0.39 is 74.1 Å². The summed E-state index contributed by atoms with van der Waals surface area (Å²) in [5.41, 5.74) is 1.25. The van der Waals surface area contributed by atoms with Crippen LogP contribution in [0.4, 0.5) is 0 Å². The minimum absolute atomic E-state index is 0.124. The van der Waals surface area contributed by atoms with Crippen LogP contribution in [0.25, 0.3) is 0 Å². The Kier molecular flexibility index (Phi) is 8.81. The van der Waals surface area contributed by atoms with Gasteiger partial charge in [-0.1, -0.05) is 40.2 Å². The molecule has 6 N–H and O–H groups in total. The molecule has 3 saturated carbocycles. The van der Waals surface area contributed by atoms with Crippen LogP contribution in [0.15, 0.2) is 12.2 Å². The van der Waals surface area contributed by atoms with Gasteiger partial charge in [-0.2, -0.15) is 0 Å². The fourth-order valence-electron chi connectivity index (χ4n) is 9.03. The number of aliphatic hydroxyl groups is 6. The Morgan fingerprint density at radius 1 is 0.875 bits per heavy atom. The molecule has 10 nitrogen and oxygen atoms in total. The Balaban J connectivity index is 1.38. The molecular formula is C30H50O10. The average Bonchev–Trinajstić information content (AvgIpc) is 2.90. The van der Waals surface area contributed by atoms with Crippen LogP contribution in [-0.4, -0.2) is 105 Å². The zero-order valence-corrected chi connectivity index (χ0v) is 24.3. The Hall–Kier alpha value is -0.660. The highest BCUT2D eigenvalue weighted by molar-refractivity contribution is 5.18. The smallest absolute Gasteiger partial charge is 0.187 e. The molecule has 0 aromatic carbocycles. The van der Waals surface area contributed by atoms with E-state index in [0.29, 0.717) is 17.8 Å². The lowest BCUT2D eigenvalue weighted by Crippen LogP contribution is -2.64. The third kappa shape index (κ3) is 5.20. The summed E-state index contributed by atoms with van der Waals surface area (Å²) in [4.78, 5) is 0. The monoisotopic (exact) mass is 570 g/mol. The van der Waals surface area contributed by atoms with Crippen LogP contribution < -0.4 is 0 Å². The van der Waals surface area contributed by atoms with Gasteiger partial charge in [0.15, 0.2) is 12.6 Å². The number of hydrogen-bond donors (Lipinski definition) is 6. The molecule has 5 fully saturated rings. The standard InChI is InChI=1S/C30H50O10/c1-14-7-6-9-30(5)17(14)8-10-29(4)12-15(2)18(11-20(29)30)38-28-26(24(35)22(33)19(13-31)39-28)40-27-25(36)23(34)21(32)16(3)37-27/h14,16-28,31-36H,2,6-13H2,1,3-5H3/t14-,16?,17?,18?,19?,20+,21?,22?,23?,24?,25?,26?,27?,28?,29+,30+/m0/s1. The summed E-state index contributed by atoms with van der Waals surface area (Å²) in [6.45, 7) is 12.6. The van der Waals surface area contributed by atoms with Gasteiger partial charge < -0.3 is 49.6 Å². The molecule has 0 aromatic rings. The zero-order valence-electron chi connectivity index (χ0n) is 24.3. The molecule has 0 radical (unpaired) electrons. The van der Waals surface area contributed by atoms with E-state index in [1.54, 1.807) is 0 Å². The lowest BCUT2D eigenvalue weighted by molar-refractivity contribution is -0.369. The van der Waals surface area contributed by atoms with Gasteiger partial charge in [0.2, 0.25) is 0 Å². The van der Waals surface area contributed by atoms with E-state index in [-0.39, 0.29) is 10.8 Å². The van der Waals surface area contributed by atoms with E-state index in [2.05, 4.69) is 27.4 Å². The van der Waals surface area contributed by atoms with Crippen molar-refractivity contribution in [2.75, 3.05) is 6.61 Å². The van der Waals surface area contributed by atoms with Gasteiger partial charge in [-0.05, 0) is 73.2 Å². The first kappa shape index (κ1) is 30.8. The maximum atomic E-state index is 11.0. The van der Waals surface area contributed by atoms with Crippen LogP contribution in [-0.2, 0) is 18.9 Å². The third-order valence-electron chi connectivity index (χ3n) is 11.3. The van der Waals surface area contributed by atoms with Crippen LogP contribution in [0.1, 0.15) is 72.6 Å². The van der Waals surface area contributed by atoms with E-state index >= 15 is 0 Å². The number of aliphatic hydroxyl groups excluding tert-OH is 6. The minimum Gasteiger partial charge on any atom is -0.394 e. The van der Waals surface area contributed by atoms with E-state index in [9.17, 15) is 30.6 Å². The number of fused-ring (bicyclic) bond motifs is 3. The molecule has 16 atom stereocenters. The molecule has 2 heterocycles. The first-order valence-corrected chi connectivity index (χ1v) is 15.1. The van der Waals surface area contributed by atoms with Crippen molar-refractivity contribution in [1.29, 1.82) is 0 Å². The van der Waals surface area contributed by atoms with Crippen LogP contribution >= 0.6 is 0 Å². The molecule has 5 aliphatic rings. The second-order valence-electron chi connectivity index (χ2n) is 13.9. The third-order valence-corrected chi connectivity index (χ3v) is 11.3.